The Morgan fingerprint density at radius 1 is 1.28 bits per heavy atom. The number of esters is 1. The van der Waals surface area contributed by atoms with Gasteiger partial charge in [-0.1, -0.05) is 12.7 Å². The lowest BCUT2D eigenvalue weighted by molar-refractivity contribution is -0.157. The predicted octanol–water partition coefficient (Wildman–Crippen LogP) is 3.41. The van der Waals surface area contributed by atoms with E-state index in [4.69, 9.17) is 9.47 Å². The van der Waals surface area contributed by atoms with Crippen molar-refractivity contribution in [3.63, 3.8) is 0 Å². The van der Waals surface area contributed by atoms with Crippen LogP contribution in [0.15, 0.2) is 12.7 Å². The Balaban J connectivity index is 2.11. The van der Waals surface area contributed by atoms with Gasteiger partial charge < -0.3 is 9.47 Å². The lowest BCUT2D eigenvalue weighted by Crippen LogP contribution is -2.50. The Labute approximate surface area is 170 Å². The van der Waals surface area contributed by atoms with Crippen LogP contribution in [0.1, 0.15) is 41.0 Å². The van der Waals surface area contributed by atoms with Gasteiger partial charge in [-0.2, -0.15) is 0 Å². The maximum absolute atomic E-state index is 15.0. The number of rotatable bonds is 6. The molecule has 0 aromatic rings. The number of nitrogens with zero attached hydrogens (tertiary/aromatic N) is 2. The van der Waals surface area contributed by atoms with Crippen molar-refractivity contribution in [3.05, 3.63) is 12.7 Å². The second-order valence-electron chi connectivity index (χ2n) is 9.24. The first-order valence-electron chi connectivity index (χ1n) is 9.74. The summed E-state index contributed by atoms with van der Waals surface area (Å²) in [4.78, 5) is 26.9. The minimum Gasteiger partial charge on any atom is -0.461 e. The summed E-state index contributed by atoms with van der Waals surface area (Å²) in [5, 5.41) is 0. The quantitative estimate of drug-likeness (QED) is 0.487. The van der Waals surface area contributed by atoms with E-state index in [-0.39, 0.29) is 26.1 Å². The normalized spacial score (nSPS) is 25.4. The predicted molar refractivity (Wildman–Crippen MR) is 101 cm³/mol. The highest BCUT2D eigenvalue weighted by atomic mass is 19.3. The second kappa shape index (κ2) is 8.16. The largest absolute Gasteiger partial charge is 0.461 e. The minimum atomic E-state index is -3.20. The molecule has 29 heavy (non-hydrogen) atoms. The maximum Gasteiger partial charge on any atom is 0.410 e. The molecule has 0 saturated carbocycles. The van der Waals surface area contributed by atoms with Crippen molar-refractivity contribution in [2.45, 2.75) is 70.8 Å². The van der Waals surface area contributed by atoms with Crippen molar-refractivity contribution in [2.75, 3.05) is 26.2 Å². The van der Waals surface area contributed by atoms with Gasteiger partial charge in [0.25, 0.3) is 5.92 Å². The monoisotopic (exact) mass is 420 g/mol. The van der Waals surface area contributed by atoms with Crippen LogP contribution in [-0.4, -0.2) is 77.9 Å². The Morgan fingerprint density at radius 3 is 2.45 bits per heavy atom. The molecule has 2 fully saturated rings. The molecule has 3 atom stereocenters. The van der Waals surface area contributed by atoms with Crippen LogP contribution in [0.2, 0.25) is 0 Å². The fraction of sp³-hybridized carbons (Fsp3) is 0.800. The molecule has 0 bridgehead atoms. The molecule has 9 heteroatoms. The number of hydrogen-bond acceptors (Lipinski definition) is 5. The topological polar surface area (TPSA) is 59.1 Å². The molecule has 0 aliphatic carbocycles. The number of hydrogen-bond donors (Lipinski definition) is 0. The molecule has 0 N–H and O–H groups in total. The number of likely N-dealkylation sites (tertiary alicyclic amines) is 2. The first-order valence-corrected chi connectivity index (χ1v) is 9.74. The average Bonchev–Trinajstić information content (AvgIpc) is 3.10. The van der Waals surface area contributed by atoms with Crippen LogP contribution in [0.25, 0.3) is 0 Å². The number of alkyl halides is 3. The third-order valence-electron chi connectivity index (χ3n) is 5.35. The molecule has 2 saturated heterocycles. The Kier molecular flexibility index (Phi) is 6.62. The minimum absolute atomic E-state index is 0.0493. The highest BCUT2D eigenvalue weighted by molar-refractivity contribution is 5.76. The van der Waals surface area contributed by atoms with Crippen LogP contribution in [0.4, 0.5) is 18.0 Å². The standard InChI is InChI=1S/C20H31F3N2O4/c1-7-10-28-16(26)19(5,6)14(21)11-24-9-8-13-15(24)20(22,23)12-25(13)17(27)29-18(2,3)4/h7,13-15H,1,8-12H2,2-6H3/t13-,14+,15+/m0/s1. The summed E-state index contributed by atoms with van der Waals surface area (Å²) < 4.78 is 54.7. The number of ether oxygens (including phenoxy) is 2. The summed E-state index contributed by atoms with van der Waals surface area (Å²) in [6.07, 6.45) is -0.855. The zero-order chi connectivity index (χ0) is 22.2. The summed E-state index contributed by atoms with van der Waals surface area (Å²) >= 11 is 0. The van der Waals surface area contributed by atoms with Crippen molar-refractivity contribution >= 4 is 12.1 Å². The van der Waals surface area contributed by atoms with Gasteiger partial charge in [0.1, 0.15) is 18.4 Å². The van der Waals surface area contributed by atoms with Crippen molar-refractivity contribution < 1.29 is 32.2 Å². The van der Waals surface area contributed by atoms with Crippen molar-refractivity contribution in [1.82, 2.24) is 9.80 Å². The SMILES string of the molecule is C=CCOC(=O)C(C)(C)[C@H](F)CN1CC[C@H]2[C@@H]1C(F)(F)CN2C(=O)OC(C)(C)C. The molecule has 2 heterocycles. The lowest BCUT2D eigenvalue weighted by Gasteiger charge is -2.33. The van der Waals surface area contributed by atoms with E-state index >= 15 is 0 Å². The molecule has 0 spiro atoms. The number of amides is 1. The van der Waals surface area contributed by atoms with Gasteiger partial charge in [0.2, 0.25) is 0 Å². The van der Waals surface area contributed by atoms with Crippen molar-refractivity contribution in [2.24, 2.45) is 5.41 Å². The molecule has 2 aliphatic rings. The first-order chi connectivity index (χ1) is 13.2. The van der Waals surface area contributed by atoms with Gasteiger partial charge in [-0.05, 0) is 41.0 Å². The first kappa shape index (κ1) is 23.5. The van der Waals surface area contributed by atoms with Crippen LogP contribution in [-0.2, 0) is 14.3 Å². The fourth-order valence-electron chi connectivity index (χ4n) is 3.76. The van der Waals surface area contributed by atoms with E-state index in [1.165, 1.54) is 24.8 Å². The van der Waals surface area contributed by atoms with Gasteiger partial charge in [-0.3, -0.25) is 14.6 Å². The molecule has 166 valence electrons. The van der Waals surface area contributed by atoms with Gasteiger partial charge in [0.15, 0.2) is 0 Å². The second-order valence-corrected chi connectivity index (χ2v) is 9.24. The Bertz CT molecular complexity index is 648. The number of carbonyl (C=O) groups excluding carboxylic acids is 2. The van der Waals surface area contributed by atoms with E-state index in [0.29, 0.717) is 0 Å². The van der Waals surface area contributed by atoms with Crippen LogP contribution in [0.3, 0.4) is 0 Å². The Morgan fingerprint density at radius 2 is 1.90 bits per heavy atom. The molecular formula is C20H31F3N2O4. The van der Waals surface area contributed by atoms with Gasteiger partial charge in [0.05, 0.1) is 24.0 Å². The van der Waals surface area contributed by atoms with Crippen molar-refractivity contribution in [1.29, 1.82) is 0 Å². The molecular weight excluding hydrogens is 389 g/mol. The number of fused-ring (bicyclic) bond motifs is 1. The maximum atomic E-state index is 15.0. The fourth-order valence-corrected chi connectivity index (χ4v) is 3.76. The van der Waals surface area contributed by atoms with Gasteiger partial charge in [-0.25, -0.2) is 18.0 Å². The molecule has 0 aromatic carbocycles. The third-order valence-corrected chi connectivity index (χ3v) is 5.35. The molecule has 0 aromatic heterocycles. The molecule has 0 unspecified atom stereocenters. The zero-order valence-corrected chi connectivity index (χ0v) is 17.7. The molecule has 2 aliphatic heterocycles. The summed E-state index contributed by atoms with van der Waals surface area (Å²) in [5.41, 5.74) is -2.30. The molecule has 6 nitrogen and oxygen atoms in total. The van der Waals surface area contributed by atoms with Gasteiger partial charge in [0, 0.05) is 13.1 Å². The summed E-state index contributed by atoms with van der Waals surface area (Å²) in [7, 11) is 0. The van der Waals surface area contributed by atoms with Crippen LogP contribution < -0.4 is 0 Å². The average molecular weight is 420 g/mol. The highest BCUT2D eigenvalue weighted by Gasteiger charge is 2.61. The zero-order valence-electron chi connectivity index (χ0n) is 17.7. The lowest BCUT2D eigenvalue weighted by atomic mass is 9.87. The van der Waals surface area contributed by atoms with Crippen LogP contribution in [0.5, 0.6) is 0 Å². The number of carbonyl (C=O) groups is 2. The van der Waals surface area contributed by atoms with E-state index in [1.807, 2.05) is 0 Å². The summed E-state index contributed by atoms with van der Waals surface area (Å²) in [6.45, 7) is 10.2. The highest BCUT2D eigenvalue weighted by Crippen LogP contribution is 2.43. The van der Waals surface area contributed by atoms with E-state index in [0.717, 1.165) is 4.90 Å². The third kappa shape index (κ3) is 5.05. The van der Waals surface area contributed by atoms with Crippen molar-refractivity contribution in [3.8, 4) is 0 Å². The molecule has 1 amide bonds. The van der Waals surface area contributed by atoms with Crippen LogP contribution in [0, 0.1) is 5.41 Å². The summed E-state index contributed by atoms with van der Waals surface area (Å²) in [6, 6.07) is -2.07. The van der Waals surface area contributed by atoms with E-state index in [9.17, 15) is 22.8 Å². The smallest absolute Gasteiger partial charge is 0.410 e. The number of halogens is 3. The van der Waals surface area contributed by atoms with E-state index in [2.05, 4.69) is 6.58 Å². The van der Waals surface area contributed by atoms with E-state index < -0.39 is 53.8 Å². The van der Waals surface area contributed by atoms with E-state index in [1.54, 1.807) is 20.8 Å². The molecule has 2 rings (SSSR count). The van der Waals surface area contributed by atoms with Gasteiger partial charge in [-0.15, -0.1) is 0 Å². The molecule has 0 radical (unpaired) electrons. The summed E-state index contributed by atoms with van der Waals surface area (Å²) in [5.74, 6) is -3.96. The van der Waals surface area contributed by atoms with Crippen LogP contribution >= 0.6 is 0 Å². The Hall–Kier alpha value is -1.77. The van der Waals surface area contributed by atoms with Gasteiger partial charge >= 0.3 is 12.1 Å².